The van der Waals surface area contributed by atoms with E-state index in [1.54, 1.807) is 0 Å². The zero-order valence-corrected chi connectivity index (χ0v) is 19.3. The fraction of sp³-hybridized carbons (Fsp3) is 0.423. The molecule has 1 aliphatic carbocycles. The van der Waals surface area contributed by atoms with E-state index in [1.165, 1.54) is 0 Å². The van der Waals surface area contributed by atoms with Crippen LogP contribution in [0.1, 0.15) is 57.1 Å². The minimum atomic E-state index is -1.09. The van der Waals surface area contributed by atoms with Crippen molar-refractivity contribution in [2.75, 3.05) is 6.61 Å². The summed E-state index contributed by atoms with van der Waals surface area (Å²) < 4.78 is 5.54. The largest absolute Gasteiger partial charge is 0.480 e. The molecule has 3 rings (SSSR count). The Hall–Kier alpha value is -3.35. The van der Waals surface area contributed by atoms with Gasteiger partial charge in [0.05, 0.1) is 0 Å². The molecular weight excluding hydrogens is 420 g/mol. The Kier molecular flexibility index (Phi) is 8.09. The molecule has 176 valence electrons. The second-order valence-electron chi connectivity index (χ2n) is 8.84. The monoisotopic (exact) mass is 452 g/mol. The number of carboxylic acid groups (broad SMARTS) is 1. The Morgan fingerprint density at radius 2 is 1.52 bits per heavy atom. The highest BCUT2D eigenvalue weighted by Crippen LogP contribution is 2.44. The fourth-order valence-electron chi connectivity index (χ4n) is 4.31. The number of alkyl carbamates (subject to hydrolysis) is 1. The van der Waals surface area contributed by atoms with Crippen LogP contribution in [0.5, 0.6) is 0 Å². The van der Waals surface area contributed by atoms with E-state index >= 15 is 0 Å². The lowest BCUT2D eigenvalue weighted by Gasteiger charge is -2.22. The van der Waals surface area contributed by atoms with Gasteiger partial charge in [0.25, 0.3) is 0 Å². The number of rotatable bonds is 10. The SMILES string of the molecule is CCCC(NC(=O)OCC1c2ccccc2-c2ccccc21)C(=O)N[C@@H](CC(C)C)C(=O)O. The topological polar surface area (TPSA) is 105 Å². The molecule has 0 fully saturated rings. The van der Waals surface area contributed by atoms with E-state index in [-0.39, 0.29) is 18.4 Å². The summed E-state index contributed by atoms with van der Waals surface area (Å²) in [4.78, 5) is 36.8. The van der Waals surface area contributed by atoms with Gasteiger partial charge in [-0.05, 0) is 41.0 Å². The Balaban J connectivity index is 1.64. The molecule has 7 heteroatoms. The Labute approximate surface area is 194 Å². The summed E-state index contributed by atoms with van der Waals surface area (Å²) in [6, 6.07) is 14.3. The smallest absolute Gasteiger partial charge is 0.407 e. The number of amides is 2. The Morgan fingerprint density at radius 1 is 0.939 bits per heavy atom. The minimum absolute atomic E-state index is 0.0796. The van der Waals surface area contributed by atoms with E-state index in [0.29, 0.717) is 19.3 Å². The lowest BCUT2D eigenvalue weighted by molar-refractivity contribution is -0.142. The van der Waals surface area contributed by atoms with Crippen LogP contribution >= 0.6 is 0 Å². The van der Waals surface area contributed by atoms with Crippen molar-refractivity contribution in [1.29, 1.82) is 0 Å². The molecule has 7 nitrogen and oxygen atoms in total. The van der Waals surface area contributed by atoms with Gasteiger partial charge >= 0.3 is 12.1 Å². The minimum Gasteiger partial charge on any atom is -0.480 e. The summed E-state index contributed by atoms with van der Waals surface area (Å²) >= 11 is 0. The molecule has 1 aliphatic rings. The van der Waals surface area contributed by atoms with Gasteiger partial charge in [-0.25, -0.2) is 9.59 Å². The number of ether oxygens (including phenoxy) is 1. The first kappa shape index (κ1) is 24.3. The van der Waals surface area contributed by atoms with E-state index < -0.39 is 30.1 Å². The summed E-state index contributed by atoms with van der Waals surface area (Å²) in [5, 5.41) is 14.6. The van der Waals surface area contributed by atoms with E-state index in [4.69, 9.17) is 4.74 Å². The summed E-state index contributed by atoms with van der Waals surface area (Å²) in [7, 11) is 0. The quantitative estimate of drug-likeness (QED) is 0.498. The van der Waals surface area contributed by atoms with Crippen LogP contribution in [-0.2, 0) is 14.3 Å². The highest BCUT2D eigenvalue weighted by atomic mass is 16.5. The molecule has 0 spiro atoms. The fourth-order valence-corrected chi connectivity index (χ4v) is 4.31. The third-order valence-electron chi connectivity index (χ3n) is 5.85. The van der Waals surface area contributed by atoms with Gasteiger partial charge in [-0.1, -0.05) is 75.7 Å². The van der Waals surface area contributed by atoms with Crippen LogP contribution in [0.15, 0.2) is 48.5 Å². The van der Waals surface area contributed by atoms with Gasteiger partial charge in [-0.15, -0.1) is 0 Å². The van der Waals surface area contributed by atoms with Gasteiger partial charge in [-0.2, -0.15) is 0 Å². The molecule has 0 bridgehead atoms. The third-order valence-corrected chi connectivity index (χ3v) is 5.85. The van der Waals surface area contributed by atoms with Crippen molar-refractivity contribution in [3.05, 3.63) is 59.7 Å². The number of carbonyl (C=O) groups excluding carboxylic acids is 2. The number of hydrogen-bond donors (Lipinski definition) is 3. The van der Waals surface area contributed by atoms with Crippen LogP contribution in [0.4, 0.5) is 4.79 Å². The normalized spacial score (nSPS) is 14.2. The van der Waals surface area contributed by atoms with E-state index in [2.05, 4.69) is 22.8 Å². The first-order valence-electron chi connectivity index (χ1n) is 11.5. The molecule has 3 N–H and O–H groups in total. The molecule has 0 aromatic heterocycles. The molecule has 0 saturated carbocycles. The van der Waals surface area contributed by atoms with Crippen molar-refractivity contribution in [3.63, 3.8) is 0 Å². The molecule has 0 saturated heterocycles. The summed E-state index contributed by atoms with van der Waals surface area (Å²) in [6.45, 7) is 5.81. The van der Waals surface area contributed by atoms with Crippen LogP contribution < -0.4 is 10.6 Å². The number of carboxylic acids is 1. The molecule has 0 aliphatic heterocycles. The molecule has 2 atom stereocenters. The standard InChI is InChI=1S/C26H32N2O5/c1-4-9-22(24(29)27-23(25(30)31)14-16(2)3)28-26(32)33-15-21-19-12-7-5-10-17(19)18-11-6-8-13-20(18)21/h5-8,10-13,16,21-23H,4,9,14-15H2,1-3H3,(H,27,29)(H,28,32)(H,30,31)/t22?,23-/m0/s1. The van der Waals surface area contributed by atoms with Crippen LogP contribution in [0.3, 0.4) is 0 Å². The molecule has 2 aromatic rings. The van der Waals surface area contributed by atoms with E-state index in [9.17, 15) is 19.5 Å². The molecule has 33 heavy (non-hydrogen) atoms. The Morgan fingerprint density at radius 3 is 2.03 bits per heavy atom. The molecular formula is C26H32N2O5. The highest BCUT2D eigenvalue weighted by Gasteiger charge is 2.30. The van der Waals surface area contributed by atoms with Crippen molar-refractivity contribution in [2.45, 2.75) is 58.0 Å². The maximum atomic E-state index is 12.7. The molecule has 0 radical (unpaired) electrons. The molecule has 1 unspecified atom stereocenters. The van der Waals surface area contributed by atoms with Gasteiger partial charge < -0.3 is 20.5 Å². The number of carbonyl (C=O) groups is 3. The first-order chi connectivity index (χ1) is 15.8. The zero-order chi connectivity index (χ0) is 24.0. The summed E-state index contributed by atoms with van der Waals surface area (Å²) in [5.41, 5.74) is 4.48. The lowest BCUT2D eigenvalue weighted by atomic mass is 9.98. The van der Waals surface area contributed by atoms with Crippen LogP contribution in [0, 0.1) is 5.92 Å². The lowest BCUT2D eigenvalue weighted by Crippen LogP contribution is -2.52. The van der Waals surface area contributed by atoms with Gasteiger partial charge in [-0.3, -0.25) is 4.79 Å². The van der Waals surface area contributed by atoms with Gasteiger partial charge in [0.1, 0.15) is 18.7 Å². The summed E-state index contributed by atoms with van der Waals surface area (Å²) in [5.74, 6) is -1.58. The predicted molar refractivity (Wildman–Crippen MR) is 126 cm³/mol. The average Bonchev–Trinajstić information content (AvgIpc) is 3.10. The van der Waals surface area contributed by atoms with Crippen LogP contribution in [0.25, 0.3) is 11.1 Å². The molecule has 2 aromatic carbocycles. The van der Waals surface area contributed by atoms with Crippen molar-refractivity contribution in [3.8, 4) is 11.1 Å². The molecule has 2 amide bonds. The first-order valence-corrected chi connectivity index (χ1v) is 11.5. The zero-order valence-electron chi connectivity index (χ0n) is 19.3. The number of aliphatic carboxylic acids is 1. The summed E-state index contributed by atoms with van der Waals surface area (Å²) in [6.07, 6.45) is 0.639. The highest BCUT2D eigenvalue weighted by molar-refractivity contribution is 5.89. The van der Waals surface area contributed by atoms with Crippen LogP contribution in [0.2, 0.25) is 0 Å². The van der Waals surface area contributed by atoms with Crippen molar-refractivity contribution >= 4 is 18.0 Å². The van der Waals surface area contributed by atoms with Crippen LogP contribution in [-0.4, -0.2) is 41.8 Å². The maximum Gasteiger partial charge on any atom is 0.407 e. The second kappa shape index (κ2) is 11.0. The Bertz CT molecular complexity index is 958. The number of benzene rings is 2. The van der Waals surface area contributed by atoms with Crippen molar-refractivity contribution < 1.29 is 24.2 Å². The van der Waals surface area contributed by atoms with Gasteiger partial charge in [0, 0.05) is 5.92 Å². The maximum absolute atomic E-state index is 12.7. The van der Waals surface area contributed by atoms with E-state index in [1.807, 2.05) is 57.2 Å². The second-order valence-corrected chi connectivity index (χ2v) is 8.84. The van der Waals surface area contributed by atoms with Gasteiger partial charge in [0.2, 0.25) is 5.91 Å². The molecule has 0 heterocycles. The predicted octanol–water partition coefficient (Wildman–Crippen LogP) is 4.31. The number of nitrogens with one attached hydrogen (secondary N) is 2. The van der Waals surface area contributed by atoms with Crippen molar-refractivity contribution in [1.82, 2.24) is 10.6 Å². The third kappa shape index (κ3) is 5.92. The average molecular weight is 453 g/mol. The number of hydrogen-bond acceptors (Lipinski definition) is 4. The van der Waals surface area contributed by atoms with E-state index in [0.717, 1.165) is 22.3 Å². The van der Waals surface area contributed by atoms with Gasteiger partial charge in [0.15, 0.2) is 0 Å². The number of fused-ring (bicyclic) bond motifs is 3. The van der Waals surface area contributed by atoms with Crippen molar-refractivity contribution in [2.24, 2.45) is 5.92 Å².